The quantitative estimate of drug-likeness (QED) is 0.536. The van der Waals surface area contributed by atoms with Gasteiger partial charge in [-0.1, -0.05) is 24.3 Å². The average Bonchev–Trinajstić information content (AvgIpc) is 2.90. The first-order valence-corrected chi connectivity index (χ1v) is 10.7. The van der Waals surface area contributed by atoms with Crippen LogP contribution in [-0.2, 0) is 24.4 Å². The lowest BCUT2D eigenvalue weighted by atomic mass is 9.85. The maximum absolute atomic E-state index is 12.4. The molecule has 0 radical (unpaired) electrons. The van der Waals surface area contributed by atoms with E-state index in [4.69, 9.17) is 5.14 Å². The molecule has 1 saturated heterocycles. The number of nitrogens with one attached hydrogen (secondary N) is 1. The molecule has 0 bridgehead atoms. The van der Waals surface area contributed by atoms with E-state index in [1.807, 2.05) is 12.2 Å². The normalized spacial score (nSPS) is 22.9. The number of primary sulfonamides is 1. The first-order valence-electron chi connectivity index (χ1n) is 9.11. The minimum atomic E-state index is -3.77. The van der Waals surface area contributed by atoms with Crippen molar-refractivity contribution in [3.63, 3.8) is 0 Å². The molecule has 1 aliphatic heterocycles. The predicted molar refractivity (Wildman–Crippen MR) is 101 cm³/mol. The highest BCUT2D eigenvalue weighted by Crippen LogP contribution is 2.35. The van der Waals surface area contributed by atoms with Crippen molar-refractivity contribution >= 4 is 27.7 Å². The van der Waals surface area contributed by atoms with E-state index in [1.54, 1.807) is 19.1 Å². The molecule has 3 amide bonds. The molecule has 1 aromatic carbocycles. The van der Waals surface area contributed by atoms with Crippen LogP contribution in [0.2, 0.25) is 0 Å². The molecule has 150 valence electrons. The van der Waals surface area contributed by atoms with Crippen molar-refractivity contribution in [2.75, 3.05) is 6.54 Å². The van der Waals surface area contributed by atoms with Gasteiger partial charge in [-0.25, -0.2) is 13.6 Å². The van der Waals surface area contributed by atoms with Gasteiger partial charge in [0.25, 0.3) is 0 Å². The van der Waals surface area contributed by atoms with Crippen LogP contribution in [0.4, 0.5) is 0 Å². The van der Waals surface area contributed by atoms with Gasteiger partial charge in [0.2, 0.25) is 27.7 Å². The van der Waals surface area contributed by atoms with E-state index in [1.165, 1.54) is 17.0 Å². The molecule has 0 aromatic heterocycles. The minimum Gasteiger partial charge on any atom is -0.350 e. The summed E-state index contributed by atoms with van der Waals surface area (Å²) in [7, 11) is -3.77. The van der Waals surface area contributed by atoms with Gasteiger partial charge < -0.3 is 5.32 Å². The summed E-state index contributed by atoms with van der Waals surface area (Å²) in [6, 6.07) is 5.56. The van der Waals surface area contributed by atoms with Crippen molar-refractivity contribution in [1.29, 1.82) is 0 Å². The Morgan fingerprint density at radius 1 is 1.14 bits per heavy atom. The molecule has 28 heavy (non-hydrogen) atoms. The molecule has 1 heterocycles. The smallest absolute Gasteiger partial charge is 0.238 e. The Kier molecular flexibility index (Phi) is 5.66. The fraction of sp³-hybridized carbons (Fsp3) is 0.421. The second-order valence-corrected chi connectivity index (χ2v) is 8.70. The highest BCUT2D eigenvalue weighted by atomic mass is 32.2. The molecule has 3 rings (SSSR count). The Bertz CT molecular complexity index is 897. The van der Waals surface area contributed by atoms with Crippen LogP contribution in [0.3, 0.4) is 0 Å². The monoisotopic (exact) mass is 405 g/mol. The van der Waals surface area contributed by atoms with Crippen LogP contribution >= 0.6 is 0 Å². The number of hydrogen-bond acceptors (Lipinski definition) is 5. The number of rotatable bonds is 6. The summed E-state index contributed by atoms with van der Waals surface area (Å²) in [4.78, 5) is 38.2. The van der Waals surface area contributed by atoms with E-state index in [0.29, 0.717) is 18.4 Å². The van der Waals surface area contributed by atoms with Crippen molar-refractivity contribution < 1.29 is 22.8 Å². The van der Waals surface area contributed by atoms with Crippen LogP contribution in [0.1, 0.15) is 37.8 Å². The largest absolute Gasteiger partial charge is 0.350 e. The Labute approximate surface area is 163 Å². The Morgan fingerprint density at radius 3 is 2.18 bits per heavy atom. The summed E-state index contributed by atoms with van der Waals surface area (Å²) in [6.45, 7) is 1.82. The molecule has 0 spiro atoms. The molecular weight excluding hydrogens is 382 g/mol. The van der Waals surface area contributed by atoms with E-state index in [2.05, 4.69) is 5.32 Å². The summed E-state index contributed by atoms with van der Waals surface area (Å²) in [6.07, 6.45) is 5.01. The molecule has 1 fully saturated rings. The molecule has 0 unspecified atom stereocenters. The van der Waals surface area contributed by atoms with E-state index in [0.717, 1.165) is 0 Å². The van der Waals surface area contributed by atoms with E-state index in [-0.39, 0.29) is 53.5 Å². The van der Waals surface area contributed by atoms with Gasteiger partial charge in [0.15, 0.2) is 0 Å². The van der Waals surface area contributed by atoms with Crippen LogP contribution in [0.5, 0.6) is 0 Å². The second-order valence-electron chi connectivity index (χ2n) is 7.14. The van der Waals surface area contributed by atoms with E-state index < -0.39 is 10.0 Å². The zero-order valence-electron chi connectivity index (χ0n) is 15.5. The van der Waals surface area contributed by atoms with Crippen LogP contribution in [0.15, 0.2) is 41.3 Å². The maximum atomic E-state index is 12.4. The number of hydrogen-bond donors (Lipinski definition) is 2. The van der Waals surface area contributed by atoms with E-state index >= 15 is 0 Å². The summed E-state index contributed by atoms with van der Waals surface area (Å²) < 4.78 is 22.6. The highest BCUT2D eigenvalue weighted by molar-refractivity contribution is 7.89. The van der Waals surface area contributed by atoms with Gasteiger partial charge in [0.05, 0.1) is 22.8 Å². The number of fused-ring (bicyclic) bond motifs is 1. The summed E-state index contributed by atoms with van der Waals surface area (Å²) >= 11 is 0. The van der Waals surface area contributed by atoms with Gasteiger partial charge in [-0.3, -0.25) is 19.3 Å². The second kappa shape index (κ2) is 7.84. The van der Waals surface area contributed by atoms with Gasteiger partial charge >= 0.3 is 0 Å². The molecular formula is C19H23N3O5S. The number of nitrogens with two attached hydrogens (primary N) is 1. The number of benzene rings is 1. The number of carbonyl (C=O) groups is 3. The van der Waals surface area contributed by atoms with Crippen molar-refractivity contribution in [1.82, 2.24) is 10.2 Å². The molecule has 1 aliphatic carbocycles. The van der Waals surface area contributed by atoms with Crippen molar-refractivity contribution in [3.8, 4) is 0 Å². The molecule has 3 atom stereocenters. The van der Waals surface area contributed by atoms with Gasteiger partial charge in [0, 0.05) is 13.0 Å². The number of imide groups is 1. The fourth-order valence-electron chi connectivity index (χ4n) is 3.65. The average molecular weight is 405 g/mol. The maximum Gasteiger partial charge on any atom is 0.238 e. The summed E-state index contributed by atoms with van der Waals surface area (Å²) in [5, 5.41) is 7.86. The van der Waals surface area contributed by atoms with Gasteiger partial charge in [-0.2, -0.15) is 0 Å². The Balaban J connectivity index is 1.54. The fourth-order valence-corrected chi connectivity index (χ4v) is 4.16. The summed E-state index contributed by atoms with van der Waals surface area (Å²) in [5.41, 5.74) is 0.714. The zero-order valence-corrected chi connectivity index (χ0v) is 16.3. The molecule has 8 nitrogen and oxygen atoms in total. The molecule has 0 saturated carbocycles. The van der Waals surface area contributed by atoms with Crippen LogP contribution < -0.4 is 10.5 Å². The number of allylic oxidation sites excluding steroid dienone is 2. The highest BCUT2D eigenvalue weighted by Gasteiger charge is 2.46. The third-order valence-electron chi connectivity index (χ3n) is 5.25. The SMILES string of the molecule is C[C@@H](NC(=O)CCN1C(=O)[C@H]2CC=CC[C@@H]2C1=O)c1ccc(S(N)(=O)=O)cc1. The van der Waals surface area contributed by atoms with Crippen LogP contribution in [0.25, 0.3) is 0 Å². The Morgan fingerprint density at radius 2 is 1.68 bits per heavy atom. The number of amides is 3. The lowest BCUT2D eigenvalue weighted by Gasteiger charge is -2.17. The third-order valence-corrected chi connectivity index (χ3v) is 6.18. The van der Waals surface area contributed by atoms with Crippen LogP contribution in [0, 0.1) is 11.8 Å². The predicted octanol–water partition coefficient (Wildman–Crippen LogP) is 0.853. The topological polar surface area (TPSA) is 127 Å². The lowest BCUT2D eigenvalue weighted by molar-refractivity contribution is -0.140. The van der Waals surface area contributed by atoms with Crippen molar-refractivity contribution in [2.45, 2.75) is 37.1 Å². The first-order chi connectivity index (χ1) is 13.2. The standard InChI is InChI=1S/C19H23N3O5S/c1-12(13-6-8-14(9-7-13)28(20,26)27)21-17(23)10-11-22-18(24)15-4-2-3-5-16(15)19(22)25/h2-3,6-9,12,15-16H,4-5,10-11H2,1H3,(H,21,23)(H2,20,26,27)/t12-,15+,16+/m1/s1. The molecule has 1 aromatic rings. The van der Waals surface area contributed by atoms with Gasteiger partial charge in [0.1, 0.15) is 0 Å². The number of nitrogens with zero attached hydrogens (tertiary/aromatic N) is 1. The van der Waals surface area contributed by atoms with Gasteiger partial charge in [-0.15, -0.1) is 0 Å². The molecule has 3 N–H and O–H groups in total. The van der Waals surface area contributed by atoms with Crippen LogP contribution in [-0.4, -0.2) is 37.6 Å². The number of sulfonamides is 1. The number of likely N-dealkylation sites (tertiary alicyclic amines) is 1. The van der Waals surface area contributed by atoms with E-state index in [9.17, 15) is 22.8 Å². The number of carbonyl (C=O) groups excluding carboxylic acids is 3. The molecule has 9 heteroatoms. The third kappa shape index (κ3) is 4.15. The summed E-state index contributed by atoms with van der Waals surface area (Å²) in [5.74, 6) is -1.28. The zero-order chi connectivity index (χ0) is 20.5. The van der Waals surface area contributed by atoms with Crippen molar-refractivity contribution in [2.24, 2.45) is 17.0 Å². The Hall–Kier alpha value is -2.52. The lowest BCUT2D eigenvalue weighted by Crippen LogP contribution is -2.36. The van der Waals surface area contributed by atoms with Crippen molar-refractivity contribution in [3.05, 3.63) is 42.0 Å². The molecule has 2 aliphatic rings. The van der Waals surface area contributed by atoms with Gasteiger partial charge in [-0.05, 0) is 37.5 Å². The first kappa shape index (κ1) is 20.2. The minimum absolute atomic E-state index is 0.00297.